The molecule has 0 saturated heterocycles. The van der Waals surface area contributed by atoms with Gasteiger partial charge in [-0.2, -0.15) is 0 Å². The summed E-state index contributed by atoms with van der Waals surface area (Å²) in [6, 6.07) is 6.83. The van der Waals surface area contributed by atoms with Gasteiger partial charge in [-0.25, -0.2) is 0 Å². The first-order valence-corrected chi connectivity index (χ1v) is 4.33. The van der Waals surface area contributed by atoms with Crippen molar-refractivity contribution in [3.8, 4) is 0 Å². The summed E-state index contributed by atoms with van der Waals surface area (Å²) < 4.78 is 0. The van der Waals surface area contributed by atoms with Gasteiger partial charge < -0.3 is 10.8 Å². The predicted octanol–water partition coefficient (Wildman–Crippen LogP) is 1.42. The van der Waals surface area contributed by atoms with Crippen LogP contribution in [0.2, 0.25) is 0 Å². The fourth-order valence-corrected chi connectivity index (χ4v) is 0.975. The minimum Gasteiger partial charge on any atom is -0.480 e. The summed E-state index contributed by atoms with van der Waals surface area (Å²) in [5.74, 6) is -1.02. The summed E-state index contributed by atoms with van der Waals surface area (Å²) in [5.41, 5.74) is 7.43. The minimum atomic E-state index is -1.02. The van der Waals surface area contributed by atoms with Crippen molar-refractivity contribution in [2.45, 2.75) is 13.0 Å². The van der Waals surface area contributed by atoms with Crippen LogP contribution in [0.15, 0.2) is 30.3 Å². The van der Waals surface area contributed by atoms with E-state index in [2.05, 4.69) is 0 Å². The summed E-state index contributed by atoms with van der Waals surface area (Å²) in [4.78, 5) is 10.4. The van der Waals surface area contributed by atoms with E-state index in [1.54, 1.807) is 6.08 Å². The van der Waals surface area contributed by atoms with Crippen LogP contribution in [0.3, 0.4) is 0 Å². The van der Waals surface area contributed by atoms with E-state index in [1.165, 1.54) is 11.6 Å². The fraction of sp³-hybridized carbons (Fsp3) is 0.182. The van der Waals surface area contributed by atoms with Gasteiger partial charge in [0.25, 0.3) is 0 Å². The van der Waals surface area contributed by atoms with Crippen LogP contribution in [-0.2, 0) is 4.79 Å². The molecule has 0 aliphatic rings. The Morgan fingerprint density at radius 3 is 2.50 bits per heavy atom. The van der Waals surface area contributed by atoms with Gasteiger partial charge in [0.1, 0.15) is 6.04 Å². The molecule has 0 heterocycles. The van der Waals surface area contributed by atoms with Crippen molar-refractivity contribution in [2.24, 2.45) is 5.73 Å². The van der Waals surface area contributed by atoms with Gasteiger partial charge in [0, 0.05) is 0 Å². The van der Waals surface area contributed by atoms with E-state index in [-0.39, 0.29) is 0 Å². The van der Waals surface area contributed by atoms with Crippen molar-refractivity contribution in [1.82, 2.24) is 0 Å². The number of aryl methyl sites for hydroxylation is 1. The number of aliphatic carboxylic acids is 1. The zero-order valence-electron chi connectivity index (χ0n) is 7.97. The van der Waals surface area contributed by atoms with E-state index < -0.39 is 12.0 Å². The van der Waals surface area contributed by atoms with Crippen LogP contribution in [0.5, 0.6) is 0 Å². The third-order valence-electron chi connectivity index (χ3n) is 1.86. The smallest absolute Gasteiger partial charge is 0.324 e. The Balaban J connectivity index is 2.69. The van der Waals surface area contributed by atoms with E-state index >= 15 is 0 Å². The molecule has 3 N–H and O–H groups in total. The van der Waals surface area contributed by atoms with Gasteiger partial charge in [0.15, 0.2) is 0 Å². The second-order valence-electron chi connectivity index (χ2n) is 3.13. The average molecular weight is 191 g/mol. The number of benzene rings is 1. The van der Waals surface area contributed by atoms with Crippen molar-refractivity contribution < 1.29 is 9.90 Å². The highest BCUT2D eigenvalue weighted by Crippen LogP contribution is 2.05. The van der Waals surface area contributed by atoms with Gasteiger partial charge in [-0.1, -0.05) is 42.0 Å². The van der Waals surface area contributed by atoms with Gasteiger partial charge in [-0.05, 0) is 12.5 Å². The van der Waals surface area contributed by atoms with E-state index in [9.17, 15) is 4.79 Å². The molecule has 1 rings (SSSR count). The minimum absolute atomic E-state index is 0.934. The van der Waals surface area contributed by atoms with E-state index in [4.69, 9.17) is 10.8 Å². The van der Waals surface area contributed by atoms with Crippen LogP contribution < -0.4 is 5.73 Å². The Bertz CT molecular complexity index is 341. The lowest BCUT2D eigenvalue weighted by atomic mass is 10.1. The van der Waals surface area contributed by atoms with Crippen LogP contribution in [0.25, 0.3) is 6.08 Å². The summed E-state index contributed by atoms with van der Waals surface area (Å²) in [7, 11) is 0. The van der Waals surface area contributed by atoms with Crippen molar-refractivity contribution >= 4 is 12.0 Å². The third kappa shape index (κ3) is 3.03. The molecule has 1 atom stereocenters. The van der Waals surface area contributed by atoms with Crippen molar-refractivity contribution in [1.29, 1.82) is 0 Å². The van der Waals surface area contributed by atoms with E-state index in [0.717, 1.165) is 5.56 Å². The van der Waals surface area contributed by atoms with Gasteiger partial charge in [0.2, 0.25) is 0 Å². The molecular formula is C11H13NO2. The molecule has 74 valence electrons. The first kappa shape index (κ1) is 10.5. The van der Waals surface area contributed by atoms with Gasteiger partial charge >= 0.3 is 5.97 Å². The van der Waals surface area contributed by atoms with Crippen LogP contribution in [0, 0.1) is 6.92 Å². The molecule has 0 bridgehead atoms. The quantitative estimate of drug-likeness (QED) is 0.759. The SMILES string of the molecule is Cc1ccc(/C=C/C(N)C(=O)O)cc1. The zero-order chi connectivity index (χ0) is 10.6. The number of nitrogens with two attached hydrogens (primary N) is 1. The highest BCUT2D eigenvalue weighted by molar-refractivity contribution is 5.77. The molecule has 3 heteroatoms. The summed E-state index contributed by atoms with van der Waals surface area (Å²) in [5, 5.41) is 8.53. The molecule has 1 aromatic carbocycles. The maximum atomic E-state index is 10.4. The Labute approximate surface area is 82.9 Å². The summed E-state index contributed by atoms with van der Waals surface area (Å²) in [6.45, 7) is 2.00. The second kappa shape index (κ2) is 4.58. The standard InChI is InChI=1S/C11H13NO2/c1-8-2-4-9(5-3-8)6-7-10(12)11(13)14/h2-7,10H,12H2,1H3,(H,13,14)/b7-6+. The molecule has 1 aromatic rings. The molecule has 1 unspecified atom stereocenters. The predicted molar refractivity (Wildman–Crippen MR) is 55.8 cm³/mol. The molecule has 0 aliphatic heterocycles. The number of carboxylic acid groups (broad SMARTS) is 1. The number of rotatable bonds is 3. The molecule has 14 heavy (non-hydrogen) atoms. The monoisotopic (exact) mass is 191 g/mol. The van der Waals surface area contributed by atoms with E-state index in [0.29, 0.717) is 0 Å². The maximum Gasteiger partial charge on any atom is 0.324 e. The molecule has 0 fully saturated rings. The number of hydrogen-bond acceptors (Lipinski definition) is 2. The lowest BCUT2D eigenvalue weighted by molar-refractivity contribution is -0.137. The highest BCUT2D eigenvalue weighted by Gasteiger charge is 2.05. The molecule has 0 aromatic heterocycles. The molecule has 0 spiro atoms. The van der Waals surface area contributed by atoms with Crippen LogP contribution in [0.4, 0.5) is 0 Å². The van der Waals surface area contributed by atoms with Gasteiger partial charge in [-0.15, -0.1) is 0 Å². The summed E-state index contributed by atoms with van der Waals surface area (Å²) >= 11 is 0. The first-order valence-electron chi connectivity index (χ1n) is 4.33. The fourth-order valence-electron chi connectivity index (χ4n) is 0.975. The lowest BCUT2D eigenvalue weighted by Gasteiger charge is -1.98. The van der Waals surface area contributed by atoms with Gasteiger partial charge in [-0.3, -0.25) is 4.79 Å². The zero-order valence-corrected chi connectivity index (χ0v) is 7.97. The molecule has 0 radical (unpaired) electrons. The molecule has 0 aliphatic carbocycles. The summed E-state index contributed by atoms with van der Waals surface area (Å²) in [6.07, 6.45) is 3.17. The molecular weight excluding hydrogens is 178 g/mol. The van der Waals surface area contributed by atoms with Crippen molar-refractivity contribution in [2.75, 3.05) is 0 Å². The van der Waals surface area contributed by atoms with Crippen molar-refractivity contribution in [3.63, 3.8) is 0 Å². The molecule has 3 nitrogen and oxygen atoms in total. The van der Waals surface area contributed by atoms with E-state index in [1.807, 2.05) is 31.2 Å². The Morgan fingerprint density at radius 1 is 1.43 bits per heavy atom. The Kier molecular flexibility index (Phi) is 3.42. The topological polar surface area (TPSA) is 63.3 Å². The largest absolute Gasteiger partial charge is 0.480 e. The maximum absolute atomic E-state index is 10.4. The average Bonchev–Trinajstić information content (AvgIpc) is 2.16. The number of carboxylic acids is 1. The van der Waals surface area contributed by atoms with Crippen LogP contribution >= 0.6 is 0 Å². The normalized spacial score (nSPS) is 13.0. The molecule has 0 saturated carbocycles. The Hall–Kier alpha value is -1.61. The third-order valence-corrected chi connectivity index (χ3v) is 1.86. The first-order chi connectivity index (χ1) is 6.59. The van der Waals surface area contributed by atoms with Gasteiger partial charge in [0.05, 0.1) is 0 Å². The number of carbonyl (C=O) groups is 1. The number of hydrogen-bond donors (Lipinski definition) is 2. The highest BCUT2D eigenvalue weighted by atomic mass is 16.4. The molecule has 0 amide bonds. The van der Waals surface area contributed by atoms with Crippen LogP contribution in [0.1, 0.15) is 11.1 Å². The van der Waals surface area contributed by atoms with Crippen molar-refractivity contribution in [3.05, 3.63) is 41.5 Å². The second-order valence-corrected chi connectivity index (χ2v) is 3.13. The van der Waals surface area contributed by atoms with Crippen LogP contribution in [-0.4, -0.2) is 17.1 Å². The Morgan fingerprint density at radius 2 is 2.00 bits per heavy atom. The lowest BCUT2D eigenvalue weighted by Crippen LogP contribution is -2.27.